The molecule has 3 aromatic carbocycles. The van der Waals surface area contributed by atoms with E-state index in [9.17, 15) is 9.90 Å². The summed E-state index contributed by atoms with van der Waals surface area (Å²) in [5, 5.41) is 14.8. The number of hydrazone groups is 1. The van der Waals surface area contributed by atoms with Crippen LogP contribution in [-0.2, 0) is 5.75 Å². The number of thioether (sulfide) groups is 1. The molecule has 0 fully saturated rings. The van der Waals surface area contributed by atoms with Gasteiger partial charge in [0, 0.05) is 16.9 Å². The third-order valence-electron chi connectivity index (χ3n) is 4.58. The van der Waals surface area contributed by atoms with Gasteiger partial charge in [-0.15, -0.1) is 0 Å². The molecule has 1 aromatic heterocycles. The van der Waals surface area contributed by atoms with Crippen molar-refractivity contribution in [3.63, 3.8) is 0 Å². The number of carbonyl (C=O) groups excluding carboxylic acids is 1. The molecule has 0 unspecified atom stereocenters. The van der Waals surface area contributed by atoms with E-state index in [-0.39, 0.29) is 11.7 Å². The Kier molecular flexibility index (Phi) is 6.18. The molecule has 0 spiro atoms. The van der Waals surface area contributed by atoms with E-state index in [1.54, 1.807) is 42.1 Å². The molecule has 0 saturated heterocycles. The van der Waals surface area contributed by atoms with Crippen LogP contribution in [0.2, 0.25) is 0 Å². The highest BCUT2D eigenvalue weighted by atomic mass is 32.2. The monoisotopic (exact) mass is 432 g/mol. The van der Waals surface area contributed by atoms with E-state index in [1.165, 1.54) is 13.3 Å². The Hall–Kier alpha value is -3.78. The number of aromatic amines is 1. The van der Waals surface area contributed by atoms with E-state index < -0.39 is 0 Å². The number of ether oxygens (including phenoxy) is 1. The van der Waals surface area contributed by atoms with E-state index in [1.807, 2.05) is 36.4 Å². The Bertz CT molecular complexity index is 1200. The standard InChI is InChI=1S/C23H20N4O3S/c1-30-20-8-4-5-17(21(20)28)13-24-27-22(29)16-11-9-15(10-12-16)14-31-23-25-18-6-2-3-7-19(18)26-23/h2-13,28H,14H2,1H3,(H,25,26)(H,27,29). The number of hydrogen-bond acceptors (Lipinski definition) is 6. The summed E-state index contributed by atoms with van der Waals surface area (Å²) in [6, 6.07) is 20.3. The molecule has 4 rings (SSSR count). The lowest BCUT2D eigenvalue weighted by atomic mass is 10.1. The van der Waals surface area contributed by atoms with Gasteiger partial charge in [-0.05, 0) is 42.0 Å². The van der Waals surface area contributed by atoms with Crippen LogP contribution in [-0.4, -0.2) is 34.3 Å². The van der Waals surface area contributed by atoms with Crippen LogP contribution in [0.25, 0.3) is 11.0 Å². The second-order valence-corrected chi connectivity index (χ2v) is 7.61. The van der Waals surface area contributed by atoms with Crippen LogP contribution in [0, 0.1) is 0 Å². The third kappa shape index (κ3) is 4.87. The first-order valence-corrected chi connectivity index (χ1v) is 10.5. The molecular formula is C23H20N4O3S. The number of nitrogens with one attached hydrogen (secondary N) is 2. The number of rotatable bonds is 7. The normalized spacial score (nSPS) is 11.1. The highest BCUT2D eigenvalue weighted by Crippen LogP contribution is 2.28. The van der Waals surface area contributed by atoms with Gasteiger partial charge in [-0.3, -0.25) is 4.79 Å². The molecule has 31 heavy (non-hydrogen) atoms. The number of para-hydroxylation sites is 3. The number of aromatic hydroxyl groups is 1. The molecule has 0 aliphatic carbocycles. The number of phenolic OH excluding ortho intramolecular Hbond substituents is 1. The van der Waals surface area contributed by atoms with Gasteiger partial charge in [0.2, 0.25) is 0 Å². The number of benzene rings is 3. The average Bonchev–Trinajstić information content (AvgIpc) is 3.22. The number of amides is 1. The van der Waals surface area contributed by atoms with Crippen molar-refractivity contribution in [3.8, 4) is 11.5 Å². The fourth-order valence-corrected chi connectivity index (χ4v) is 3.78. The number of methoxy groups -OCH3 is 1. The second kappa shape index (κ2) is 9.36. The molecular weight excluding hydrogens is 412 g/mol. The van der Waals surface area contributed by atoms with Crippen molar-refractivity contribution in [2.24, 2.45) is 5.10 Å². The summed E-state index contributed by atoms with van der Waals surface area (Å²) >= 11 is 1.60. The third-order valence-corrected chi connectivity index (χ3v) is 5.52. The van der Waals surface area contributed by atoms with Crippen molar-refractivity contribution >= 4 is 34.9 Å². The molecule has 0 atom stereocenters. The van der Waals surface area contributed by atoms with Crippen LogP contribution < -0.4 is 10.2 Å². The summed E-state index contributed by atoms with van der Waals surface area (Å²) < 4.78 is 5.05. The number of H-pyrrole nitrogens is 1. The minimum atomic E-state index is -0.338. The first-order chi connectivity index (χ1) is 15.1. The van der Waals surface area contributed by atoms with Crippen molar-refractivity contribution < 1.29 is 14.6 Å². The van der Waals surface area contributed by atoms with Crippen LogP contribution in [0.3, 0.4) is 0 Å². The molecule has 0 radical (unpaired) electrons. The molecule has 0 bridgehead atoms. The molecule has 1 amide bonds. The van der Waals surface area contributed by atoms with Crippen molar-refractivity contribution in [1.29, 1.82) is 0 Å². The Morgan fingerprint density at radius 3 is 2.74 bits per heavy atom. The second-order valence-electron chi connectivity index (χ2n) is 6.64. The van der Waals surface area contributed by atoms with Gasteiger partial charge in [0.1, 0.15) is 0 Å². The lowest BCUT2D eigenvalue weighted by molar-refractivity contribution is 0.0955. The van der Waals surface area contributed by atoms with Gasteiger partial charge in [-0.2, -0.15) is 5.10 Å². The van der Waals surface area contributed by atoms with Crippen molar-refractivity contribution in [1.82, 2.24) is 15.4 Å². The Morgan fingerprint density at radius 2 is 1.97 bits per heavy atom. The van der Waals surface area contributed by atoms with Gasteiger partial charge < -0.3 is 14.8 Å². The summed E-state index contributed by atoms with van der Waals surface area (Å²) in [5.41, 5.74) is 6.43. The number of nitrogens with zero attached hydrogens (tertiary/aromatic N) is 2. The zero-order chi connectivity index (χ0) is 21.6. The Balaban J connectivity index is 1.33. The number of carbonyl (C=O) groups is 1. The van der Waals surface area contributed by atoms with Crippen LogP contribution in [0.15, 0.2) is 77.0 Å². The van der Waals surface area contributed by atoms with Gasteiger partial charge in [0.15, 0.2) is 16.7 Å². The average molecular weight is 433 g/mol. The van der Waals surface area contributed by atoms with Gasteiger partial charge in [0.05, 0.1) is 24.4 Å². The summed E-state index contributed by atoms with van der Waals surface area (Å²) in [4.78, 5) is 20.1. The SMILES string of the molecule is COc1cccc(C=NNC(=O)c2ccc(CSc3nc4ccccc4[nH]3)cc2)c1O. The van der Waals surface area contributed by atoms with Crippen LogP contribution in [0.5, 0.6) is 11.5 Å². The van der Waals surface area contributed by atoms with Crippen LogP contribution in [0.4, 0.5) is 0 Å². The summed E-state index contributed by atoms with van der Waals surface area (Å²) in [7, 11) is 1.47. The fraction of sp³-hybridized carbons (Fsp3) is 0.0870. The lowest BCUT2D eigenvalue weighted by Gasteiger charge is -2.05. The first kappa shape index (κ1) is 20.5. The molecule has 7 nitrogen and oxygen atoms in total. The van der Waals surface area contributed by atoms with E-state index >= 15 is 0 Å². The smallest absolute Gasteiger partial charge is 0.271 e. The van der Waals surface area contributed by atoms with E-state index in [4.69, 9.17) is 4.74 Å². The minimum absolute atomic E-state index is 0.0331. The van der Waals surface area contributed by atoms with Gasteiger partial charge >= 0.3 is 0 Å². The molecule has 156 valence electrons. The van der Waals surface area contributed by atoms with Gasteiger partial charge in [-0.1, -0.05) is 42.1 Å². The summed E-state index contributed by atoms with van der Waals surface area (Å²) in [5.74, 6) is 0.699. The zero-order valence-electron chi connectivity index (χ0n) is 16.7. The molecule has 1 heterocycles. The fourth-order valence-electron chi connectivity index (χ4n) is 2.93. The highest BCUT2D eigenvalue weighted by Gasteiger charge is 2.08. The quantitative estimate of drug-likeness (QED) is 0.229. The van der Waals surface area contributed by atoms with Crippen molar-refractivity contribution in [2.75, 3.05) is 7.11 Å². The Morgan fingerprint density at radius 1 is 1.16 bits per heavy atom. The van der Waals surface area contributed by atoms with Crippen molar-refractivity contribution in [2.45, 2.75) is 10.9 Å². The van der Waals surface area contributed by atoms with Crippen LogP contribution in [0.1, 0.15) is 21.5 Å². The highest BCUT2D eigenvalue weighted by molar-refractivity contribution is 7.98. The predicted molar refractivity (Wildman–Crippen MR) is 122 cm³/mol. The van der Waals surface area contributed by atoms with E-state index in [0.29, 0.717) is 16.9 Å². The molecule has 8 heteroatoms. The molecule has 0 saturated carbocycles. The van der Waals surface area contributed by atoms with Crippen molar-refractivity contribution in [3.05, 3.63) is 83.4 Å². The number of phenols is 1. The predicted octanol–water partition coefficient (Wildman–Crippen LogP) is 4.33. The number of aromatic nitrogens is 2. The largest absolute Gasteiger partial charge is 0.504 e. The number of imidazole rings is 1. The number of hydrogen-bond donors (Lipinski definition) is 3. The maximum absolute atomic E-state index is 12.3. The van der Waals surface area contributed by atoms with E-state index in [2.05, 4.69) is 20.5 Å². The topological polar surface area (TPSA) is 99.6 Å². The first-order valence-electron chi connectivity index (χ1n) is 9.50. The minimum Gasteiger partial charge on any atom is -0.504 e. The lowest BCUT2D eigenvalue weighted by Crippen LogP contribution is -2.17. The van der Waals surface area contributed by atoms with Gasteiger partial charge in [-0.25, -0.2) is 10.4 Å². The molecule has 3 N–H and O–H groups in total. The molecule has 0 aliphatic heterocycles. The zero-order valence-corrected chi connectivity index (χ0v) is 17.5. The van der Waals surface area contributed by atoms with Crippen LogP contribution >= 0.6 is 11.8 Å². The van der Waals surface area contributed by atoms with Gasteiger partial charge in [0.25, 0.3) is 5.91 Å². The number of fused-ring (bicyclic) bond motifs is 1. The maximum Gasteiger partial charge on any atom is 0.271 e. The Labute approximate surface area is 183 Å². The maximum atomic E-state index is 12.3. The van der Waals surface area contributed by atoms with E-state index in [0.717, 1.165) is 27.5 Å². The summed E-state index contributed by atoms with van der Waals surface area (Å²) in [6.07, 6.45) is 1.37. The molecule has 4 aromatic rings. The molecule has 0 aliphatic rings. The summed E-state index contributed by atoms with van der Waals surface area (Å²) in [6.45, 7) is 0.